The van der Waals surface area contributed by atoms with Crippen LogP contribution in [0.5, 0.6) is 0 Å². The first-order valence-corrected chi connectivity index (χ1v) is 1.77. The first-order valence-electron chi connectivity index (χ1n) is 1.77. The fraction of sp³-hybridized carbons (Fsp3) is 0.250. The Balaban J connectivity index is 4.02. The fourth-order valence-electron chi connectivity index (χ4n) is 0.146. The maximum Gasteiger partial charge on any atom is 0.160 e. The van der Waals surface area contributed by atoms with Gasteiger partial charge in [0, 0.05) is 0 Å². The van der Waals surface area contributed by atoms with Crippen molar-refractivity contribution in [2.45, 2.75) is 0 Å². The first kappa shape index (κ1) is 6.45. The minimum atomic E-state index is -1.41. The number of hydrogen-bond acceptors (Lipinski definition) is 4. The molecule has 0 bridgehead atoms. The molecule has 40 valence electrons. The summed E-state index contributed by atoms with van der Waals surface area (Å²) in [6.45, 7) is 0. The summed E-state index contributed by atoms with van der Waals surface area (Å²) < 4.78 is 0. The largest absolute Gasteiger partial charge is 0.861 e. The van der Waals surface area contributed by atoms with Gasteiger partial charge in [0.15, 0.2) is 5.92 Å². The lowest BCUT2D eigenvalue weighted by atomic mass is 10.2. The second kappa shape index (κ2) is 2.59. The van der Waals surface area contributed by atoms with Gasteiger partial charge in [-0.05, 0) is 5.90 Å². The van der Waals surface area contributed by atoms with E-state index in [1.165, 1.54) is 12.1 Å². The molecule has 0 saturated carbocycles. The molecule has 4 nitrogen and oxygen atoms in total. The second-order valence-electron chi connectivity index (χ2n) is 1.06. The highest BCUT2D eigenvalue weighted by Gasteiger charge is 2.00. The Labute approximate surface area is 46.1 Å². The Morgan fingerprint density at radius 2 is 1.88 bits per heavy atom. The molecule has 0 unspecified atom stereocenters. The van der Waals surface area contributed by atoms with Gasteiger partial charge in [-0.2, -0.15) is 10.5 Å². The summed E-state index contributed by atoms with van der Waals surface area (Å²) in [5.74, 6) is -2.55. The molecule has 0 fully saturated rings. The molecule has 8 heavy (non-hydrogen) atoms. The van der Waals surface area contributed by atoms with Gasteiger partial charge in [0.05, 0.1) is 12.1 Å². The molecule has 4 heteroatoms. The Bertz CT molecular complexity index is 159. The smallest absolute Gasteiger partial charge is 0.160 e. The Kier molecular flexibility index (Phi) is 2.09. The monoisotopic (exact) mass is 108 g/mol. The van der Waals surface area contributed by atoms with Crippen LogP contribution >= 0.6 is 0 Å². The molecule has 0 atom stereocenters. The first-order chi connectivity index (χ1) is 3.72. The van der Waals surface area contributed by atoms with Crippen molar-refractivity contribution < 1.29 is 5.11 Å². The Hall–Kier alpha value is -1.55. The SMILES string of the molecule is N#CC(C#N)C(=N)[O-]. The topological polar surface area (TPSA) is 94.5 Å². The van der Waals surface area contributed by atoms with Crippen LogP contribution in [0.4, 0.5) is 0 Å². The van der Waals surface area contributed by atoms with Gasteiger partial charge in [0.25, 0.3) is 0 Å². The van der Waals surface area contributed by atoms with Crippen molar-refractivity contribution in [3.05, 3.63) is 0 Å². The summed E-state index contributed by atoms with van der Waals surface area (Å²) in [6, 6.07) is 2.71. The molecule has 0 spiro atoms. The quantitative estimate of drug-likeness (QED) is 0.344. The van der Waals surface area contributed by atoms with Crippen LogP contribution in [-0.4, -0.2) is 5.90 Å². The van der Waals surface area contributed by atoms with Crippen molar-refractivity contribution >= 4 is 5.90 Å². The highest BCUT2D eigenvalue weighted by Crippen LogP contribution is 1.86. The molecule has 0 aliphatic heterocycles. The van der Waals surface area contributed by atoms with E-state index in [0.29, 0.717) is 0 Å². The molecule has 0 amide bonds. The molecule has 0 saturated heterocycles. The summed E-state index contributed by atoms with van der Waals surface area (Å²) in [4.78, 5) is 0. The van der Waals surface area contributed by atoms with E-state index < -0.39 is 11.8 Å². The van der Waals surface area contributed by atoms with Gasteiger partial charge in [0.2, 0.25) is 0 Å². The summed E-state index contributed by atoms with van der Waals surface area (Å²) in [6.07, 6.45) is 0. The fourth-order valence-corrected chi connectivity index (χ4v) is 0.146. The molecule has 0 radical (unpaired) electrons. The van der Waals surface area contributed by atoms with Gasteiger partial charge in [-0.15, -0.1) is 0 Å². The average molecular weight is 108 g/mol. The van der Waals surface area contributed by atoms with Crippen LogP contribution in [-0.2, 0) is 0 Å². The molecule has 0 aromatic rings. The maximum absolute atomic E-state index is 9.83. The van der Waals surface area contributed by atoms with Crippen molar-refractivity contribution in [3.8, 4) is 12.1 Å². The van der Waals surface area contributed by atoms with Gasteiger partial charge in [-0.3, -0.25) is 0 Å². The minimum Gasteiger partial charge on any atom is -0.861 e. The number of nitrogens with zero attached hydrogens (tertiary/aromatic N) is 2. The molecule has 1 N–H and O–H groups in total. The van der Waals surface area contributed by atoms with Crippen LogP contribution in [0.15, 0.2) is 0 Å². The molecule has 0 aromatic heterocycles. The highest BCUT2D eigenvalue weighted by atomic mass is 16.3. The van der Waals surface area contributed by atoms with Gasteiger partial charge >= 0.3 is 0 Å². The number of nitriles is 2. The van der Waals surface area contributed by atoms with E-state index in [0.717, 1.165) is 0 Å². The minimum absolute atomic E-state index is 1.14. The van der Waals surface area contributed by atoms with Gasteiger partial charge in [-0.1, -0.05) is 0 Å². The second-order valence-corrected chi connectivity index (χ2v) is 1.06. The predicted molar refractivity (Wildman–Crippen MR) is 22.4 cm³/mol. The maximum atomic E-state index is 9.83. The lowest BCUT2D eigenvalue weighted by Crippen LogP contribution is -2.23. The van der Waals surface area contributed by atoms with E-state index in [9.17, 15) is 5.11 Å². The third-order valence-electron chi connectivity index (χ3n) is 0.520. The number of nitrogens with one attached hydrogen (secondary N) is 1. The molecular weight excluding hydrogens is 106 g/mol. The third kappa shape index (κ3) is 1.27. The summed E-state index contributed by atoms with van der Waals surface area (Å²) in [7, 11) is 0. The van der Waals surface area contributed by atoms with Gasteiger partial charge in [0.1, 0.15) is 0 Å². The van der Waals surface area contributed by atoms with Crippen LogP contribution in [0.3, 0.4) is 0 Å². The zero-order chi connectivity index (χ0) is 6.57. The van der Waals surface area contributed by atoms with E-state index in [4.69, 9.17) is 15.9 Å². The van der Waals surface area contributed by atoms with E-state index >= 15 is 0 Å². The van der Waals surface area contributed by atoms with Crippen LogP contribution in [0.1, 0.15) is 0 Å². The highest BCUT2D eigenvalue weighted by molar-refractivity contribution is 5.76. The van der Waals surface area contributed by atoms with Crippen molar-refractivity contribution in [2.75, 3.05) is 0 Å². The zero-order valence-corrected chi connectivity index (χ0v) is 3.88. The van der Waals surface area contributed by atoms with Crippen molar-refractivity contribution in [1.29, 1.82) is 15.9 Å². The molecular formula is C4H2N3O-. The van der Waals surface area contributed by atoms with E-state index in [1.807, 2.05) is 0 Å². The lowest BCUT2D eigenvalue weighted by Gasteiger charge is -2.03. The van der Waals surface area contributed by atoms with Gasteiger partial charge in [-0.25, -0.2) is 0 Å². The van der Waals surface area contributed by atoms with E-state index in [-0.39, 0.29) is 0 Å². The third-order valence-corrected chi connectivity index (χ3v) is 0.520. The standard InChI is InChI=1S/C4H3N3O/c5-1-3(2-6)4(7)8/h3H,(H2,7,8)/p-1. The average Bonchev–Trinajstić information content (AvgIpc) is 1.69. The predicted octanol–water partition coefficient (Wildman–Crippen LogP) is -1.01. The van der Waals surface area contributed by atoms with Crippen LogP contribution in [0, 0.1) is 34.0 Å². The summed E-state index contributed by atoms with van der Waals surface area (Å²) in [5.41, 5.74) is 0. The van der Waals surface area contributed by atoms with Crippen molar-refractivity contribution in [1.82, 2.24) is 0 Å². The van der Waals surface area contributed by atoms with E-state index in [1.54, 1.807) is 0 Å². The zero-order valence-electron chi connectivity index (χ0n) is 3.88. The van der Waals surface area contributed by atoms with Crippen LogP contribution in [0.25, 0.3) is 0 Å². The number of hydrogen-bond donors (Lipinski definition) is 1. The molecule has 0 rings (SSSR count). The normalized spacial score (nSPS) is 7.38. The Morgan fingerprint density at radius 3 is 1.88 bits per heavy atom. The van der Waals surface area contributed by atoms with Crippen molar-refractivity contribution in [3.63, 3.8) is 0 Å². The Morgan fingerprint density at radius 1 is 1.50 bits per heavy atom. The molecule has 0 aromatic carbocycles. The molecule has 0 aliphatic carbocycles. The molecule has 0 heterocycles. The van der Waals surface area contributed by atoms with E-state index in [2.05, 4.69) is 0 Å². The molecule has 0 aliphatic rings. The van der Waals surface area contributed by atoms with Crippen LogP contribution < -0.4 is 5.11 Å². The van der Waals surface area contributed by atoms with Crippen LogP contribution in [0.2, 0.25) is 0 Å². The lowest BCUT2D eigenvalue weighted by molar-refractivity contribution is -0.221. The van der Waals surface area contributed by atoms with Gasteiger partial charge < -0.3 is 10.5 Å². The van der Waals surface area contributed by atoms with Crippen molar-refractivity contribution in [2.24, 2.45) is 5.92 Å². The number of rotatable bonds is 1. The summed E-state index contributed by atoms with van der Waals surface area (Å²) in [5, 5.41) is 31.8. The summed E-state index contributed by atoms with van der Waals surface area (Å²) >= 11 is 0.